The van der Waals surface area contributed by atoms with Crippen LogP contribution in [0.1, 0.15) is 10.4 Å². The SMILES string of the molecule is CS(=O)(=O)c1cccc(C(=O)N(Br)C(=N)N)c1. The molecule has 8 heteroatoms. The second-order valence-corrected chi connectivity index (χ2v) is 6.00. The van der Waals surface area contributed by atoms with E-state index in [9.17, 15) is 13.2 Å². The number of carbonyl (C=O) groups excluding carboxylic acids is 1. The smallest absolute Gasteiger partial charge is 0.270 e. The average molecular weight is 320 g/mol. The Bertz CT molecular complexity index is 571. The van der Waals surface area contributed by atoms with Crippen molar-refractivity contribution in [2.24, 2.45) is 5.73 Å². The van der Waals surface area contributed by atoms with E-state index in [1.165, 1.54) is 24.3 Å². The van der Waals surface area contributed by atoms with Crippen LogP contribution in [0.25, 0.3) is 0 Å². The number of guanidine groups is 1. The van der Waals surface area contributed by atoms with Gasteiger partial charge in [0, 0.05) is 11.8 Å². The zero-order chi connectivity index (χ0) is 13.2. The van der Waals surface area contributed by atoms with Crippen molar-refractivity contribution in [2.75, 3.05) is 6.26 Å². The molecule has 0 aliphatic rings. The van der Waals surface area contributed by atoms with Gasteiger partial charge in [-0.05, 0) is 18.2 Å². The molecular formula is C9H10BrN3O3S. The molecule has 1 amide bonds. The molecule has 0 bridgehead atoms. The van der Waals surface area contributed by atoms with Crippen LogP contribution in [0.5, 0.6) is 0 Å². The number of carbonyl (C=O) groups is 1. The van der Waals surface area contributed by atoms with Crippen molar-refractivity contribution in [3.8, 4) is 0 Å². The topological polar surface area (TPSA) is 104 Å². The first-order chi connectivity index (χ1) is 7.73. The number of nitrogens with zero attached hydrogens (tertiary/aromatic N) is 1. The molecule has 1 aromatic carbocycles. The van der Waals surface area contributed by atoms with E-state index in [4.69, 9.17) is 11.1 Å². The lowest BCUT2D eigenvalue weighted by Crippen LogP contribution is -2.33. The van der Waals surface area contributed by atoms with Crippen LogP contribution >= 0.6 is 16.1 Å². The molecule has 0 aliphatic carbocycles. The van der Waals surface area contributed by atoms with Crippen molar-refractivity contribution < 1.29 is 13.2 Å². The fraction of sp³-hybridized carbons (Fsp3) is 0.111. The Balaban J connectivity index is 3.17. The van der Waals surface area contributed by atoms with Gasteiger partial charge in [0.15, 0.2) is 9.84 Å². The zero-order valence-corrected chi connectivity index (χ0v) is 11.2. The number of hydrogen-bond acceptors (Lipinski definition) is 4. The number of amides is 1. The molecule has 0 saturated carbocycles. The van der Waals surface area contributed by atoms with Crippen LogP contribution in [0.2, 0.25) is 0 Å². The molecular weight excluding hydrogens is 310 g/mol. The standard InChI is InChI=1S/C9H10BrN3O3S/c1-17(15,16)7-4-2-3-6(5-7)8(14)13(10)9(11)12/h2-5H,1H3,(H3,11,12). The highest BCUT2D eigenvalue weighted by atomic mass is 79.9. The molecule has 1 rings (SSSR count). The van der Waals surface area contributed by atoms with Gasteiger partial charge >= 0.3 is 0 Å². The molecule has 0 heterocycles. The van der Waals surface area contributed by atoms with Crippen molar-refractivity contribution in [1.29, 1.82) is 5.41 Å². The summed E-state index contributed by atoms with van der Waals surface area (Å²) in [7, 11) is -3.38. The number of hydrogen-bond donors (Lipinski definition) is 2. The summed E-state index contributed by atoms with van der Waals surface area (Å²) in [6.45, 7) is 0. The fourth-order valence-corrected chi connectivity index (χ4v) is 1.95. The summed E-state index contributed by atoms with van der Waals surface area (Å²) in [5, 5.41) is 7.07. The van der Waals surface area contributed by atoms with Crippen molar-refractivity contribution >= 4 is 37.9 Å². The van der Waals surface area contributed by atoms with Gasteiger partial charge in [-0.1, -0.05) is 6.07 Å². The Labute approximate surface area is 107 Å². The summed E-state index contributed by atoms with van der Waals surface area (Å²) in [5.74, 6) is -1.09. The summed E-state index contributed by atoms with van der Waals surface area (Å²) < 4.78 is 23.4. The predicted molar refractivity (Wildman–Crippen MR) is 66.6 cm³/mol. The second-order valence-electron chi connectivity index (χ2n) is 3.27. The average Bonchev–Trinajstić information content (AvgIpc) is 2.26. The second kappa shape index (κ2) is 4.84. The minimum Gasteiger partial charge on any atom is -0.369 e. The van der Waals surface area contributed by atoms with E-state index in [0.29, 0.717) is 0 Å². The van der Waals surface area contributed by atoms with E-state index in [0.717, 1.165) is 10.2 Å². The van der Waals surface area contributed by atoms with Crippen LogP contribution in [0.3, 0.4) is 0 Å². The van der Waals surface area contributed by atoms with Crippen molar-refractivity contribution in [3.05, 3.63) is 29.8 Å². The molecule has 0 unspecified atom stereocenters. The first-order valence-corrected chi connectivity index (χ1v) is 6.98. The van der Waals surface area contributed by atoms with Crippen molar-refractivity contribution in [1.82, 2.24) is 3.93 Å². The third-order valence-corrected chi connectivity index (χ3v) is 3.71. The van der Waals surface area contributed by atoms with E-state index >= 15 is 0 Å². The Morgan fingerprint density at radius 1 is 1.47 bits per heavy atom. The van der Waals surface area contributed by atoms with Gasteiger partial charge in [0.25, 0.3) is 5.91 Å². The van der Waals surface area contributed by atoms with E-state index in [1.807, 2.05) is 0 Å². The third kappa shape index (κ3) is 3.27. The monoisotopic (exact) mass is 319 g/mol. The van der Waals surface area contributed by atoms with Crippen LogP contribution in [0, 0.1) is 5.41 Å². The first kappa shape index (κ1) is 13.7. The predicted octanol–water partition coefficient (Wildman–Crippen LogP) is 0.736. The molecule has 1 aromatic rings. The lowest BCUT2D eigenvalue weighted by atomic mass is 10.2. The van der Waals surface area contributed by atoms with Gasteiger partial charge in [0.05, 0.1) is 21.0 Å². The molecule has 3 N–H and O–H groups in total. The van der Waals surface area contributed by atoms with Crippen molar-refractivity contribution in [2.45, 2.75) is 4.90 Å². The van der Waals surface area contributed by atoms with Crippen molar-refractivity contribution in [3.63, 3.8) is 0 Å². The summed E-state index contributed by atoms with van der Waals surface area (Å²) >= 11 is 2.80. The molecule has 0 saturated heterocycles. The molecule has 0 aromatic heterocycles. The van der Waals surface area contributed by atoms with Crippen LogP contribution in [0.15, 0.2) is 29.2 Å². The number of nitrogens with two attached hydrogens (primary N) is 1. The quantitative estimate of drug-likeness (QED) is 0.476. The molecule has 0 radical (unpaired) electrons. The molecule has 0 spiro atoms. The Kier molecular flexibility index (Phi) is 3.89. The number of rotatable bonds is 2. The lowest BCUT2D eigenvalue weighted by Gasteiger charge is -2.12. The summed E-state index contributed by atoms with van der Waals surface area (Å²) in [6, 6.07) is 5.51. The largest absolute Gasteiger partial charge is 0.369 e. The van der Waals surface area contributed by atoms with Gasteiger partial charge in [-0.15, -0.1) is 0 Å². The summed E-state index contributed by atoms with van der Waals surface area (Å²) in [4.78, 5) is 11.8. The van der Waals surface area contributed by atoms with E-state index < -0.39 is 21.7 Å². The number of halogens is 1. The maximum atomic E-state index is 11.7. The van der Waals surface area contributed by atoms with E-state index in [-0.39, 0.29) is 10.5 Å². The van der Waals surface area contributed by atoms with E-state index in [1.54, 1.807) is 0 Å². The lowest BCUT2D eigenvalue weighted by molar-refractivity contribution is 0.0923. The van der Waals surface area contributed by atoms with Crippen LogP contribution in [-0.4, -0.2) is 30.5 Å². The molecule has 92 valence electrons. The zero-order valence-electron chi connectivity index (χ0n) is 8.84. The number of nitrogens with one attached hydrogen (secondary N) is 1. The van der Waals surface area contributed by atoms with Crippen LogP contribution < -0.4 is 5.73 Å². The summed E-state index contributed by atoms with van der Waals surface area (Å²) in [5.41, 5.74) is 5.25. The highest BCUT2D eigenvalue weighted by Gasteiger charge is 2.17. The number of benzene rings is 1. The molecule has 0 aliphatic heterocycles. The molecule has 17 heavy (non-hydrogen) atoms. The summed E-state index contributed by atoms with van der Waals surface area (Å²) in [6.07, 6.45) is 1.05. The van der Waals surface area contributed by atoms with E-state index in [2.05, 4.69) is 16.1 Å². The minimum absolute atomic E-state index is 0.0350. The van der Waals surface area contributed by atoms with Crippen LogP contribution in [-0.2, 0) is 9.84 Å². The van der Waals surface area contributed by atoms with Gasteiger partial charge in [0.1, 0.15) is 0 Å². The molecule has 6 nitrogen and oxygen atoms in total. The maximum Gasteiger partial charge on any atom is 0.270 e. The van der Waals surface area contributed by atoms with Gasteiger partial charge in [-0.3, -0.25) is 10.2 Å². The molecule has 0 fully saturated rings. The van der Waals surface area contributed by atoms with Gasteiger partial charge in [0.2, 0.25) is 5.96 Å². The number of sulfone groups is 1. The molecule has 0 atom stereocenters. The highest BCUT2D eigenvalue weighted by molar-refractivity contribution is 9.08. The minimum atomic E-state index is -3.38. The van der Waals surface area contributed by atoms with Gasteiger partial charge in [-0.2, -0.15) is 0 Å². The highest BCUT2D eigenvalue weighted by Crippen LogP contribution is 2.14. The third-order valence-electron chi connectivity index (χ3n) is 1.90. The van der Waals surface area contributed by atoms with Gasteiger partial charge < -0.3 is 5.73 Å². The maximum absolute atomic E-state index is 11.7. The fourth-order valence-electron chi connectivity index (χ4n) is 1.08. The first-order valence-electron chi connectivity index (χ1n) is 4.38. The van der Waals surface area contributed by atoms with Gasteiger partial charge in [-0.25, -0.2) is 12.3 Å². The Hall–Kier alpha value is -1.41. The Morgan fingerprint density at radius 2 is 2.06 bits per heavy atom. The van der Waals surface area contributed by atoms with Crippen LogP contribution in [0.4, 0.5) is 0 Å². The normalized spacial score (nSPS) is 10.9. The Morgan fingerprint density at radius 3 is 2.53 bits per heavy atom.